The monoisotopic (exact) mass is 577 g/mol. The van der Waals surface area contributed by atoms with E-state index in [2.05, 4.69) is 37.2 Å². The maximum Gasteiger partial charge on any atom is 0.342 e. The van der Waals surface area contributed by atoms with Crippen LogP contribution in [-0.2, 0) is 0 Å². The Morgan fingerprint density at radius 1 is 1.00 bits per heavy atom. The van der Waals surface area contributed by atoms with Gasteiger partial charge in [-0.15, -0.1) is 0 Å². The minimum absolute atomic E-state index is 0.0976. The molecule has 8 heteroatoms. The van der Waals surface area contributed by atoms with Crippen molar-refractivity contribution >= 4 is 54.3 Å². The van der Waals surface area contributed by atoms with Gasteiger partial charge in [0, 0.05) is 16.9 Å². The van der Waals surface area contributed by atoms with Crippen molar-refractivity contribution in [1.82, 2.24) is 9.78 Å². The number of para-hydroxylation sites is 2. The van der Waals surface area contributed by atoms with Crippen LogP contribution in [0.5, 0.6) is 5.75 Å². The fourth-order valence-corrected chi connectivity index (χ4v) is 5.89. The number of nitrogens with zero attached hydrogens (tertiary/aromatic N) is 2. The van der Waals surface area contributed by atoms with E-state index in [1.807, 2.05) is 72.3 Å². The van der Waals surface area contributed by atoms with E-state index in [4.69, 9.17) is 9.52 Å². The van der Waals surface area contributed by atoms with Crippen molar-refractivity contribution in [3.63, 3.8) is 0 Å². The van der Waals surface area contributed by atoms with Crippen LogP contribution in [0.2, 0.25) is 0 Å². The highest BCUT2D eigenvalue weighted by Crippen LogP contribution is 2.49. The van der Waals surface area contributed by atoms with Crippen LogP contribution in [0.3, 0.4) is 0 Å². The van der Waals surface area contributed by atoms with Gasteiger partial charge in [-0.2, -0.15) is 5.10 Å². The van der Waals surface area contributed by atoms with Gasteiger partial charge in [-0.1, -0.05) is 30.3 Å². The number of aryl methyl sites for hydroxylation is 1. The third-order valence-corrected chi connectivity index (χ3v) is 7.36. The molecule has 0 saturated heterocycles. The molecule has 1 aliphatic heterocycles. The highest BCUT2D eigenvalue weighted by Gasteiger charge is 2.37. The first kappa shape index (κ1) is 21.2. The number of fused-ring (bicyclic) bond motifs is 4. The number of nitrogens with one attached hydrogen (secondary N) is 1. The van der Waals surface area contributed by atoms with Crippen molar-refractivity contribution in [3.8, 4) is 11.4 Å². The van der Waals surface area contributed by atoms with Gasteiger partial charge in [0.2, 0.25) is 0 Å². The van der Waals surface area contributed by atoms with Crippen molar-refractivity contribution in [2.75, 3.05) is 5.32 Å². The normalized spacial score (nSPS) is 14.5. The summed E-state index contributed by atoms with van der Waals surface area (Å²) in [6, 6.07) is 21.0. The lowest BCUT2D eigenvalue weighted by atomic mass is 9.82. The Labute approximate surface area is 211 Å². The number of benzene rings is 3. The van der Waals surface area contributed by atoms with Crippen LogP contribution in [0.4, 0.5) is 11.5 Å². The lowest BCUT2D eigenvalue weighted by Crippen LogP contribution is -2.23. The second-order valence-electron chi connectivity index (χ2n) is 8.16. The third kappa shape index (κ3) is 3.13. The summed E-state index contributed by atoms with van der Waals surface area (Å²) in [6.45, 7) is 1.94. The van der Waals surface area contributed by atoms with E-state index >= 15 is 0 Å². The summed E-state index contributed by atoms with van der Waals surface area (Å²) in [4.78, 5) is 13.4. The number of hydrogen-bond donors (Lipinski definition) is 2. The van der Waals surface area contributed by atoms with Crippen LogP contribution in [0.25, 0.3) is 16.7 Å². The van der Waals surface area contributed by atoms with Crippen LogP contribution in [0.15, 0.2) is 84.9 Å². The average molecular weight is 579 g/mol. The lowest BCUT2D eigenvalue weighted by Gasteiger charge is -2.28. The van der Waals surface area contributed by atoms with Gasteiger partial charge in [-0.25, -0.2) is 9.48 Å². The maximum absolute atomic E-state index is 13.4. The van der Waals surface area contributed by atoms with Crippen molar-refractivity contribution in [2.24, 2.45) is 0 Å². The molecule has 6 nitrogen and oxygen atoms in total. The smallest absolute Gasteiger partial charge is 0.342 e. The minimum Gasteiger partial charge on any atom is -0.506 e. The molecular formula is C26H17Br2N3O3. The number of hydrogen-bond acceptors (Lipinski definition) is 5. The zero-order valence-corrected chi connectivity index (χ0v) is 21.0. The molecule has 0 bridgehead atoms. The number of aromatic nitrogens is 2. The van der Waals surface area contributed by atoms with Gasteiger partial charge in [0.15, 0.2) is 0 Å². The van der Waals surface area contributed by atoms with Gasteiger partial charge in [-0.3, -0.25) is 0 Å². The van der Waals surface area contributed by atoms with E-state index in [1.165, 1.54) is 0 Å². The highest BCUT2D eigenvalue weighted by atomic mass is 79.9. The molecule has 2 aromatic heterocycles. The molecule has 2 N–H and O–H groups in total. The van der Waals surface area contributed by atoms with Gasteiger partial charge in [0.25, 0.3) is 0 Å². The summed E-state index contributed by atoms with van der Waals surface area (Å²) in [6.07, 6.45) is 0. The summed E-state index contributed by atoms with van der Waals surface area (Å²) in [5.74, 6) is 0.426. The third-order valence-electron chi connectivity index (χ3n) is 6.15. The zero-order valence-electron chi connectivity index (χ0n) is 17.8. The predicted octanol–water partition coefficient (Wildman–Crippen LogP) is 6.75. The Balaban J connectivity index is 1.72. The molecule has 0 radical (unpaired) electrons. The first-order valence-electron chi connectivity index (χ1n) is 10.6. The summed E-state index contributed by atoms with van der Waals surface area (Å²) in [5, 5.41) is 19.5. The molecule has 0 spiro atoms. The van der Waals surface area contributed by atoms with Gasteiger partial charge >= 0.3 is 5.63 Å². The van der Waals surface area contributed by atoms with Gasteiger partial charge < -0.3 is 14.8 Å². The van der Waals surface area contributed by atoms with Crippen LogP contribution in [-0.4, -0.2) is 14.9 Å². The molecule has 1 atom stereocenters. The Morgan fingerprint density at radius 3 is 2.41 bits per heavy atom. The van der Waals surface area contributed by atoms with E-state index in [0.29, 0.717) is 25.8 Å². The first-order chi connectivity index (χ1) is 16.4. The van der Waals surface area contributed by atoms with E-state index in [0.717, 1.165) is 33.7 Å². The summed E-state index contributed by atoms with van der Waals surface area (Å²) < 4.78 is 8.67. The summed E-state index contributed by atoms with van der Waals surface area (Å²) >= 11 is 6.89. The molecule has 1 aliphatic rings. The molecule has 168 valence electrons. The lowest BCUT2D eigenvalue weighted by molar-refractivity contribution is 0.468. The topological polar surface area (TPSA) is 80.3 Å². The Bertz CT molecular complexity index is 1640. The second kappa shape index (κ2) is 7.85. The quantitative estimate of drug-likeness (QED) is 0.222. The van der Waals surface area contributed by atoms with Crippen LogP contribution < -0.4 is 10.9 Å². The average Bonchev–Trinajstić information content (AvgIpc) is 3.18. The number of rotatable bonds is 2. The second-order valence-corrected chi connectivity index (χ2v) is 9.87. The van der Waals surface area contributed by atoms with Crippen molar-refractivity contribution < 1.29 is 9.52 Å². The fourth-order valence-electron chi connectivity index (χ4n) is 4.67. The number of halogens is 2. The van der Waals surface area contributed by atoms with Gasteiger partial charge in [0.1, 0.15) is 17.2 Å². The Morgan fingerprint density at radius 2 is 1.68 bits per heavy atom. The fraction of sp³-hybridized carbons (Fsp3) is 0.0769. The van der Waals surface area contributed by atoms with Crippen LogP contribution in [0.1, 0.15) is 28.3 Å². The molecule has 3 aromatic carbocycles. The van der Waals surface area contributed by atoms with Gasteiger partial charge in [-0.05, 0) is 80.7 Å². The van der Waals surface area contributed by atoms with E-state index < -0.39 is 11.5 Å². The van der Waals surface area contributed by atoms with E-state index in [1.54, 1.807) is 6.07 Å². The Kier molecular flexibility index (Phi) is 4.89. The Hall–Kier alpha value is -3.36. The van der Waals surface area contributed by atoms with Gasteiger partial charge in [0.05, 0.1) is 31.6 Å². The molecule has 3 heterocycles. The molecule has 0 fully saturated rings. The van der Waals surface area contributed by atoms with E-state index in [-0.39, 0.29) is 5.75 Å². The van der Waals surface area contributed by atoms with Crippen molar-refractivity contribution in [2.45, 2.75) is 12.8 Å². The molecule has 0 amide bonds. The number of anilines is 2. The SMILES string of the molecule is Cc1nn(-c2ccccc2)c2c1C(c1cc(Br)c(O)c(Br)c1)c1c(c3ccccc3oc1=O)N2. The largest absolute Gasteiger partial charge is 0.506 e. The number of phenolic OH excluding ortho intramolecular Hbond substituents is 1. The predicted molar refractivity (Wildman–Crippen MR) is 139 cm³/mol. The van der Waals surface area contributed by atoms with E-state index in [9.17, 15) is 9.90 Å². The molecule has 6 rings (SSSR count). The van der Waals surface area contributed by atoms with Crippen molar-refractivity contribution in [3.05, 3.63) is 108 Å². The number of aromatic hydroxyl groups is 1. The zero-order chi connectivity index (χ0) is 23.6. The molecule has 0 saturated carbocycles. The van der Waals surface area contributed by atoms with Crippen molar-refractivity contribution in [1.29, 1.82) is 0 Å². The highest BCUT2D eigenvalue weighted by molar-refractivity contribution is 9.11. The summed E-state index contributed by atoms with van der Waals surface area (Å²) in [7, 11) is 0. The van der Waals surface area contributed by atoms with Crippen LogP contribution >= 0.6 is 31.9 Å². The molecule has 34 heavy (non-hydrogen) atoms. The molecule has 0 aliphatic carbocycles. The van der Waals surface area contributed by atoms with Crippen LogP contribution in [0, 0.1) is 6.92 Å². The first-order valence-corrected chi connectivity index (χ1v) is 12.2. The number of phenols is 1. The maximum atomic E-state index is 13.4. The minimum atomic E-state index is -0.460. The standard InChI is InChI=1S/C26H17Br2N3O3/c1-13-20-21(14-11-17(27)24(32)18(28)12-14)22-23(16-9-5-6-10-19(16)34-26(22)33)29-25(20)31(30-13)15-7-3-2-4-8-15/h2-12,21,29,32H,1H3. The molecular weight excluding hydrogens is 562 g/mol. The molecule has 5 aromatic rings. The summed E-state index contributed by atoms with van der Waals surface area (Å²) in [5.41, 5.74) is 4.69. The molecule has 1 unspecified atom stereocenters.